The SMILES string of the molecule is COc1cc(C(N)CS)c([N+](=O)[O-])cc1OC. The first-order valence-electron chi connectivity index (χ1n) is 4.81. The zero-order valence-corrected chi connectivity index (χ0v) is 10.4. The van der Waals surface area contributed by atoms with Crippen LogP contribution in [0.1, 0.15) is 11.6 Å². The van der Waals surface area contributed by atoms with Crippen molar-refractivity contribution >= 4 is 18.3 Å². The molecule has 0 aliphatic heterocycles. The van der Waals surface area contributed by atoms with Crippen molar-refractivity contribution in [2.24, 2.45) is 5.73 Å². The van der Waals surface area contributed by atoms with Gasteiger partial charge in [-0.15, -0.1) is 0 Å². The Bertz CT molecular complexity index is 425. The fourth-order valence-electron chi connectivity index (χ4n) is 1.44. The van der Waals surface area contributed by atoms with Crippen molar-refractivity contribution in [3.8, 4) is 11.5 Å². The lowest BCUT2D eigenvalue weighted by Gasteiger charge is -2.13. The van der Waals surface area contributed by atoms with E-state index in [0.717, 1.165) is 0 Å². The van der Waals surface area contributed by atoms with Gasteiger partial charge in [0.05, 0.1) is 30.8 Å². The highest BCUT2D eigenvalue weighted by molar-refractivity contribution is 7.80. The number of rotatable bonds is 5. The van der Waals surface area contributed by atoms with Gasteiger partial charge < -0.3 is 15.2 Å². The number of nitrogens with zero attached hydrogens (tertiary/aromatic N) is 1. The third kappa shape index (κ3) is 2.80. The molecular formula is C10H14N2O4S. The highest BCUT2D eigenvalue weighted by atomic mass is 32.1. The highest BCUT2D eigenvalue weighted by Gasteiger charge is 2.22. The van der Waals surface area contributed by atoms with Crippen LogP contribution in [0.3, 0.4) is 0 Å². The van der Waals surface area contributed by atoms with Gasteiger partial charge in [0.1, 0.15) is 0 Å². The topological polar surface area (TPSA) is 87.6 Å². The number of nitro benzene ring substituents is 1. The third-order valence-electron chi connectivity index (χ3n) is 2.33. The minimum atomic E-state index is -0.529. The Hall–Kier alpha value is -1.47. The number of benzene rings is 1. The molecule has 0 heterocycles. The van der Waals surface area contributed by atoms with Gasteiger partial charge in [0.15, 0.2) is 11.5 Å². The summed E-state index contributed by atoms with van der Waals surface area (Å²) in [6.07, 6.45) is 0. The van der Waals surface area contributed by atoms with E-state index in [0.29, 0.717) is 22.8 Å². The maximum absolute atomic E-state index is 10.9. The molecule has 0 aromatic heterocycles. The molecule has 1 atom stereocenters. The van der Waals surface area contributed by atoms with Crippen molar-refractivity contribution in [1.29, 1.82) is 0 Å². The van der Waals surface area contributed by atoms with E-state index in [1.165, 1.54) is 26.4 Å². The minimum Gasteiger partial charge on any atom is -0.493 e. The number of ether oxygens (including phenoxy) is 2. The van der Waals surface area contributed by atoms with Gasteiger partial charge in [0, 0.05) is 11.8 Å². The van der Waals surface area contributed by atoms with Crippen LogP contribution in [0.4, 0.5) is 5.69 Å². The fraction of sp³-hybridized carbons (Fsp3) is 0.400. The van der Waals surface area contributed by atoms with Crippen LogP contribution in [0.2, 0.25) is 0 Å². The van der Waals surface area contributed by atoms with Crippen LogP contribution >= 0.6 is 12.6 Å². The molecule has 2 N–H and O–H groups in total. The molecule has 94 valence electrons. The van der Waals surface area contributed by atoms with Gasteiger partial charge in [0.25, 0.3) is 5.69 Å². The second kappa shape index (κ2) is 5.74. The lowest BCUT2D eigenvalue weighted by atomic mass is 10.1. The predicted molar refractivity (Wildman–Crippen MR) is 67.0 cm³/mol. The van der Waals surface area contributed by atoms with E-state index in [9.17, 15) is 10.1 Å². The van der Waals surface area contributed by atoms with E-state index in [1.54, 1.807) is 0 Å². The molecule has 1 rings (SSSR count). The summed E-state index contributed by atoms with van der Waals surface area (Å²) in [6, 6.07) is 2.29. The maximum atomic E-state index is 10.9. The van der Waals surface area contributed by atoms with Crippen LogP contribution in [0, 0.1) is 10.1 Å². The van der Waals surface area contributed by atoms with Crippen molar-refractivity contribution in [2.45, 2.75) is 6.04 Å². The number of hydrogen-bond donors (Lipinski definition) is 2. The van der Waals surface area contributed by atoms with Gasteiger partial charge in [-0.25, -0.2) is 0 Å². The zero-order valence-electron chi connectivity index (χ0n) is 9.54. The van der Waals surface area contributed by atoms with E-state index in [4.69, 9.17) is 15.2 Å². The minimum absolute atomic E-state index is 0.0933. The first-order valence-corrected chi connectivity index (χ1v) is 5.45. The second-order valence-corrected chi connectivity index (χ2v) is 3.68. The highest BCUT2D eigenvalue weighted by Crippen LogP contribution is 2.36. The van der Waals surface area contributed by atoms with Crippen molar-refractivity contribution in [3.63, 3.8) is 0 Å². The summed E-state index contributed by atoms with van der Waals surface area (Å²) in [7, 11) is 2.87. The van der Waals surface area contributed by atoms with Gasteiger partial charge in [-0.2, -0.15) is 12.6 Å². The molecule has 1 unspecified atom stereocenters. The van der Waals surface area contributed by atoms with Crippen LogP contribution < -0.4 is 15.2 Å². The molecular weight excluding hydrogens is 244 g/mol. The summed E-state index contributed by atoms with van der Waals surface area (Å²) in [5, 5.41) is 10.9. The Morgan fingerprint density at radius 1 is 1.41 bits per heavy atom. The number of thiol groups is 1. The van der Waals surface area contributed by atoms with Crippen LogP contribution in [-0.2, 0) is 0 Å². The third-order valence-corrected chi connectivity index (χ3v) is 2.72. The first kappa shape index (κ1) is 13.6. The number of nitrogens with two attached hydrogens (primary N) is 1. The fourth-order valence-corrected chi connectivity index (χ4v) is 1.63. The molecule has 7 heteroatoms. The van der Waals surface area contributed by atoms with Crippen molar-refractivity contribution < 1.29 is 14.4 Å². The maximum Gasteiger partial charge on any atom is 0.278 e. The summed E-state index contributed by atoms with van der Waals surface area (Å²) < 4.78 is 10.1. The van der Waals surface area contributed by atoms with Crippen molar-refractivity contribution in [2.75, 3.05) is 20.0 Å². The summed E-state index contributed by atoms with van der Waals surface area (Å²) in [5.74, 6) is 1.01. The molecule has 0 fully saturated rings. The van der Waals surface area contributed by atoms with Gasteiger partial charge in [-0.05, 0) is 6.07 Å². The monoisotopic (exact) mass is 258 g/mol. The summed E-state index contributed by atoms with van der Waals surface area (Å²) in [4.78, 5) is 10.4. The van der Waals surface area contributed by atoms with Gasteiger partial charge in [-0.1, -0.05) is 0 Å². The molecule has 1 aromatic rings. The molecule has 0 bridgehead atoms. The first-order chi connectivity index (χ1) is 8.04. The van der Waals surface area contributed by atoms with Crippen LogP contribution in [0.5, 0.6) is 11.5 Å². The normalized spacial score (nSPS) is 12.0. The summed E-state index contributed by atoms with van der Waals surface area (Å²) >= 11 is 4.04. The van der Waals surface area contributed by atoms with E-state index in [1.807, 2.05) is 0 Å². The smallest absolute Gasteiger partial charge is 0.278 e. The van der Waals surface area contributed by atoms with Gasteiger partial charge in [0.2, 0.25) is 0 Å². The Morgan fingerprint density at radius 2 is 1.94 bits per heavy atom. The number of hydrogen-bond acceptors (Lipinski definition) is 6. The molecule has 0 aliphatic carbocycles. The average Bonchev–Trinajstić information content (AvgIpc) is 2.35. The predicted octanol–water partition coefficient (Wildman–Crippen LogP) is 1.54. The van der Waals surface area contributed by atoms with Crippen molar-refractivity contribution in [3.05, 3.63) is 27.8 Å². The average molecular weight is 258 g/mol. The molecule has 0 radical (unpaired) electrons. The quantitative estimate of drug-likeness (QED) is 0.475. The molecule has 17 heavy (non-hydrogen) atoms. The number of methoxy groups -OCH3 is 2. The number of nitro groups is 1. The Morgan fingerprint density at radius 3 is 2.35 bits per heavy atom. The van der Waals surface area contributed by atoms with Gasteiger partial charge >= 0.3 is 0 Å². The molecule has 0 saturated heterocycles. The molecule has 6 nitrogen and oxygen atoms in total. The van der Waals surface area contributed by atoms with E-state index in [2.05, 4.69) is 12.6 Å². The summed E-state index contributed by atoms with van der Waals surface area (Å²) in [5.41, 5.74) is 6.05. The summed E-state index contributed by atoms with van der Waals surface area (Å²) in [6.45, 7) is 0. The van der Waals surface area contributed by atoms with E-state index in [-0.39, 0.29) is 5.69 Å². The standard InChI is InChI=1S/C10H14N2O4S/c1-15-9-3-6(7(11)5-17)8(12(13)14)4-10(9)16-2/h3-4,7,17H,5,11H2,1-2H3. The van der Waals surface area contributed by atoms with E-state index >= 15 is 0 Å². The van der Waals surface area contributed by atoms with Crippen LogP contribution in [0.25, 0.3) is 0 Å². The van der Waals surface area contributed by atoms with Crippen LogP contribution in [-0.4, -0.2) is 24.9 Å². The molecule has 0 amide bonds. The van der Waals surface area contributed by atoms with Crippen LogP contribution in [0.15, 0.2) is 12.1 Å². The lowest BCUT2D eigenvalue weighted by Crippen LogP contribution is -2.14. The lowest BCUT2D eigenvalue weighted by molar-refractivity contribution is -0.385. The Labute approximate surface area is 104 Å². The van der Waals surface area contributed by atoms with E-state index < -0.39 is 11.0 Å². The van der Waals surface area contributed by atoms with Crippen molar-refractivity contribution in [1.82, 2.24) is 0 Å². The Balaban J connectivity index is 3.40. The molecule has 1 aromatic carbocycles. The molecule has 0 aliphatic rings. The molecule has 0 saturated carbocycles. The molecule has 0 spiro atoms. The largest absolute Gasteiger partial charge is 0.493 e. The second-order valence-electron chi connectivity index (χ2n) is 3.31. The van der Waals surface area contributed by atoms with Gasteiger partial charge in [-0.3, -0.25) is 10.1 Å². The Kier molecular flexibility index (Phi) is 4.59. The zero-order chi connectivity index (χ0) is 13.0.